The largest absolute Gasteiger partial charge is 0.462 e. The third-order valence-corrected chi connectivity index (χ3v) is 14.5. The molecule has 0 heterocycles. The van der Waals surface area contributed by atoms with E-state index in [0.717, 1.165) is 128 Å². The number of carbonyl (C=O) groups is 3. The number of hydrogen-bond acceptors (Lipinski definition) is 6. The predicted molar refractivity (Wildman–Crippen MR) is 353 cm³/mol. The zero-order valence-corrected chi connectivity index (χ0v) is 53.0. The lowest BCUT2D eigenvalue weighted by Gasteiger charge is -2.18. The number of rotatable bonds is 61. The van der Waals surface area contributed by atoms with Gasteiger partial charge in [0.1, 0.15) is 13.2 Å². The maximum atomic E-state index is 12.9. The molecule has 6 nitrogen and oxygen atoms in total. The van der Waals surface area contributed by atoms with Gasteiger partial charge in [-0.25, -0.2) is 0 Å². The quantitative estimate of drug-likeness (QED) is 0.0261. The van der Waals surface area contributed by atoms with Crippen LogP contribution in [0.3, 0.4) is 0 Å². The highest BCUT2D eigenvalue weighted by molar-refractivity contribution is 5.71. The third kappa shape index (κ3) is 66.5. The molecule has 1 atom stereocenters. The third-order valence-electron chi connectivity index (χ3n) is 14.5. The Balaban J connectivity index is 4.34. The van der Waals surface area contributed by atoms with Crippen molar-refractivity contribution in [1.82, 2.24) is 0 Å². The predicted octanol–water partition coefficient (Wildman–Crippen LogP) is 23.6. The van der Waals surface area contributed by atoms with Crippen molar-refractivity contribution < 1.29 is 28.6 Å². The minimum atomic E-state index is -0.787. The van der Waals surface area contributed by atoms with Crippen LogP contribution in [0.15, 0.2) is 122 Å². The van der Waals surface area contributed by atoms with Crippen LogP contribution in [0.1, 0.15) is 316 Å². The summed E-state index contributed by atoms with van der Waals surface area (Å²) in [6, 6.07) is 0. The van der Waals surface area contributed by atoms with E-state index in [2.05, 4.69) is 142 Å². The van der Waals surface area contributed by atoms with Gasteiger partial charge < -0.3 is 14.2 Å². The lowest BCUT2D eigenvalue weighted by molar-refractivity contribution is -0.167. The molecular formula is C75H126O6. The van der Waals surface area contributed by atoms with Gasteiger partial charge in [-0.2, -0.15) is 0 Å². The second-order valence-corrected chi connectivity index (χ2v) is 22.3. The van der Waals surface area contributed by atoms with E-state index in [1.807, 2.05) is 0 Å². The first kappa shape index (κ1) is 76.8. The van der Waals surface area contributed by atoms with E-state index in [4.69, 9.17) is 14.2 Å². The lowest BCUT2D eigenvalue weighted by Crippen LogP contribution is -2.30. The van der Waals surface area contributed by atoms with Crippen molar-refractivity contribution in [2.75, 3.05) is 13.2 Å². The maximum absolute atomic E-state index is 12.9. The molecule has 0 aromatic carbocycles. The van der Waals surface area contributed by atoms with Crippen molar-refractivity contribution in [2.45, 2.75) is 322 Å². The summed E-state index contributed by atoms with van der Waals surface area (Å²) in [6.07, 6.45) is 94.9. The Hall–Kier alpha value is -4.19. The Labute approximate surface area is 501 Å². The summed E-state index contributed by atoms with van der Waals surface area (Å²) in [4.78, 5) is 38.4. The van der Waals surface area contributed by atoms with E-state index in [1.165, 1.54) is 148 Å². The van der Waals surface area contributed by atoms with E-state index in [9.17, 15) is 14.4 Å². The van der Waals surface area contributed by atoms with Crippen molar-refractivity contribution in [2.24, 2.45) is 0 Å². The molecule has 0 aromatic rings. The average Bonchev–Trinajstić information content (AvgIpc) is 3.46. The van der Waals surface area contributed by atoms with Crippen molar-refractivity contribution in [3.63, 3.8) is 0 Å². The monoisotopic (exact) mass is 1120 g/mol. The van der Waals surface area contributed by atoms with Gasteiger partial charge in [-0.15, -0.1) is 0 Å². The summed E-state index contributed by atoms with van der Waals surface area (Å²) in [5, 5.41) is 0. The Morgan fingerprint density at radius 3 is 0.753 bits per heavy atom. The molecule has 81 heavy (non-hydrogen) atoms. The molecule has 0 rings (SSSR count). The molecule has 0 radical (unpaired) electrons. The zero-order chi connectivity index (χ0) is 58.5. The molecule has 0 aromatic heterocycles. The van der Waals surface area contributed by atoms with E-state index in [-0.39, 0.29) is 31.1 Å². The molecule has 0 spiro atoms. The van der Waals surface area contributed by atoms with Crippen LogP contribution in [0.4, 0.5) is 0 Å². The van der Waals surface area contributed by atoms with Crippen molar-refractivity contribution in [3.8, 4) is 0 Å². The molecule has 6 heteroatoms. The molecule has 0 amide bonds. The second kappa shape index (κ2) is 68.3. The minimum Gasteiger partial charge on any atom is -0.462 e. The van der Waals surface area contributed by atoms with Crippen LogP contribution >= 0.6 is 0 Å². The van der Waals surface area contributed by atoms with Gasteiger partial charge in [-0.05, 0) is 109 Å². The molecule has 0 bridgehead atoms. The van der Waals surface area contributed by atoms with E-state index in [0.29, 0.717) is 19.3 Å². The van der Waals surface area contributed by atoms with Gasteiger partial charge in [0, 0.05) is 19.3 Å². The number of hydrogen-bond donors (Lipinski definition) is 0. The van der Waals surface area contributed by atoms with Crippen LogP contribution in [0.5, 0.6) is 0 Å². The highest BCUT2D eigenvalue weighted by atomic mass is 16.6. The van der Waals surface area contributed by atoms with E-state index < -0.39 is 6.10 Å². The van der Waals surface area contributed by atoms with Crippen LogP contribution in [0.2, 0.25) is 0 Å². The summed E-state index contributed by atoms with van der Waals surface area (Å²) in [5.74, 6) is -0.884. The molecule has 0 aliphatic heterocycles. The summed E-state index contributed by atoms with van der Waals surface area (Å²) in [6.45, 7) is 6.43. The van der Waals surface area contributed by atoms with Gasteiger partial charge in [0.05, 0.1) is 0 Å². The van der Waals surface area contributed by atoms with Crippen LogP contribution < -0.4 is 0 Å². The van der Waals surface area contributed by atoms with Gasteiger partial charge in [-0.1, -0.05) is 309 Å². The van der Waals surface area contributed by atoms with Crippen molar-refractivity contribution in [1.29, 1.82) is 0 Å². The molecule has 0 aliphatic carbocycles. The molecule has 462 valence electrons. The maximum Gasteiger partial charge on any atom is 0.306 e. The topological polar surface area (TPSA) is 78.9 Å². The molecular weight excluding hydrogens is 997 g/mol. The number of carbonyl (C=O) groups excluding carboxylic acids is 3. The Bertz CT molecular complexity index is 1670. The summed E-state index contributed by atoms with van der Waals surface area (Å²) >= 11 is 0. The standard InChI is InChI=1S/C75H126O6/c1-4-7-10-13-16-19-22-25-27-29-31-33-35-36-37-38-40-41-43-45-47-50-53-56-59-62-65-68-74(77)80-71-72(70-79-73(76)67-64-61-58-55-52-49-24-21-18-15-12-9-6-3)81-75(78)69-66-63-60-57-54-51-48-46-44-42-39-34-32-30-28-26-23-20-17-14-11-8-5-2/h7-8,10-11,16-17,19-20,25-28,31-34,36-37,40-41,72H,4-6,9,12-15,18,21-24,29-30,35,38-39,42-71H2,1-3H3/b10-7-,11-8-,19-16-,20-17-,27-25-,28-26-,33-31-,34-32-,37-36-,41-40-. The summed E-state index contributed by atoms with van der Waals surface area (Å²) in [7, 11) is 0. The molecule has 0 N–H and O–H groups in total. The first-order valence-electron chi connectivity index (χ1n) is 34.0. The van der Waals surface area contributed by atoms with Gasteiger partial charge in [0.2, 0.25) is 0 Å². The van der Waals surface area contributed by atoms with Crippen LogP contribution in [0, 0.1) is 0 Å². The van der Waals surface area contributed by atoms with Gasteiger partial charge in [-0.3, -0.25) is 14.4 Å². The van der Waals surface area contributed by atoms with E-state index in [1.54, 1.807) is 0 Å². The lowest BCUT2D eigenvalue weighted by atomic mass is 10.0. The van der Waals surface area contributed by atoms with Gasteiger partial charge in [0.15, 0.2) is 6.10 Å². The zero-order valence-electron chi connectivity index (χ0n) is 53.0. The van der Waals surface area contributed by atoms with Crippen molar-refractivity contribution >= 4 is 17.9 Å². The highest BCUT2D eigenvalue weighted by Gasteiger charge is 2.19. The van der Waals surface area contributed by atoms with Gasteiger partial charge >= 0.3 is 17.9 Å². The van der Waals surface area contributed by atoms with E-state index >= 15 is 0 Å². The fourth-order valence-electron chi connectivity index (χ4n) is 9.44. The first-order chi connectivity index (χ1) is 40.0. The highest BCUT2D eigenvalue weighted by Crippen LogP contribution is 2.17. The Kier molecular flexibility index (Phi) is 64.8. The number of esters is 3. The first-order valence-corrected chi connectivity index (χ1v) is 34.0. The SMILES string of the molecule is CC/C=C\C/C=C\C/C=C\C/C=C\C/C=C\C/C=C\CCCCCCCCCCC(=O)OCC(COC(=O)CCCCCCCCCCCCCCC)OC(=O)CCCCCCCCCCCC/C=C\C/C=C\C/C=C\C/C=C\CC. The molecule has 1 unspecified atom stereocenters. The summed E-state index contributed by atoms with van der Waals surface area (Å²) < 4.78 is 17.0. The molecule has 0 saturated carbocycles. The molecule has 0 fully saturated rings. The Morgan fingerprint density at radius 2 is 0.481 bits per heavy atom. The van der Waals surface area contributed by atoms with Crippen molar-refractivity contribution in [3.05, 3.63) is 122 Å². The summed E-state index contributed by atoms with van der Waals surface area (Å²) in [5.41, 5.74) is 0. The van der Waals surface area contributed by atoms with Crippen LogP contribution in [0.25, 0.3) is 0 Å². The molecule has 0 saturated heterocycles. The Morgan fingerprint density at radius 1 is 0.259 bits per heavy atom. The average molecular weight is 1120 g/mol. The number of allylic oxidation sites excluding steroid dienone is 20. The smallest absolute Gasteiger partial charge is 0.306 e. The van der Waals surface area contributed by atoms with Gasteiger partial charge in [0.25, 0.3) is 0 Å². The van der Waals surface area contributed by atoms with Crippen LogP contribution in [-0.2, 0) is 28.6 Å². The number of unbranched alkanes of at least 4 members (excludes halogenated alkanes) is 30. The number of ether oxygens (including phenoxy) is 3. The fraction of sp³-hybridized carbons (Fsp3) is 0.693. The fourth-order valence-corrected chi connectivity index (χ4v) is 9.44. The normalized spacial score (nSPS) is 12.9. The van der Waals surface area contributed by atoms with Crippen LogP contribution in [-0.4, -0.2) is 37.2 Å². The molecule has 0 aliphatic rings. The second-order valence-electron chi connectivity index (χ2n) is 22.3. The minimum absolute atomic E-state index is 0.0812.